The molecule has 0 saturated carbocycles. The first-order valence-electron chi connectivity index (χ1n) is 8.80. The van der Waals surface area contributed by atoms with Crippen molar-refractivity contribution >= 4 is 23.9 Å². The minimum absolute atomic E-state index is 0.868. The molecule has 0 bridgehead atoms. The quantitative estimate of drug-likeness (QED) is 0.578. The molecule has 130 valence electrons. The van der Waals surface area contributed by atoms with Gasteiger partial charge in [-0.25, -0.2) is 4.57 Å². The van der Waals surface area contributed by atoms with Crippen molar-refractivity contribution in [1.29, 1.82) is 0 Å². The summed E-state index contributed by atoms with van der Waals surface area (Å²) in [5.41, 5.74) is 6.04. The minimum Gasteiger partial charge on any atom is -0.378 e. The summed E-state index contributed by atoms with van der Waals surface area (Å²) in [6.45, 7) is 4.66. The number of rotatable bonds is 6. The van der Waals surface area contributed by atoms with Gasteiger partial charge in [-0.2, -0.15) is 0 Å². The van der Waals surface area contributed by atoms with E-state index in [-0.39, 0.29) is 0 Å². The Labute approximate surface area is 156 Å². The van der Waals surface area contributed by atoms with Crippen LogP contribution in [0.25, 0.3) is 18.2 Å². The second-order valence-electron chi connectivity index (χ2n) is 6.57. The molecule has 2 nitrogen and oxygen atoms in total. The molecule has 3 rings (SSSR count). The molecule has 1 aromatic heterocycles. The lowest BCUT2D eigenvalue weighted by atomic mass is 10.1. The molecular formula is C24H25N2+. The number of nitrogens with zero attached hydrogens (tertiary/aromatic N) is 2. The summed E-state index contributed by atoms with van der Waals surface area (Å²) in [5, 5.41) is 0. The van der Waals surface area contributed by atoms with Crippen molar-refractivity contribution in [3.05, 3.63) is 102 Å². The Balaban J connectivity index is 1.64. The van der Waals surface area contributed by atoms with Crippen molar-refractivity contribution in [3.63, 3.8) is 0 Å². The van der Waals surface area contributed by atoms with E-state index in [2.05, 4.69) is 115 Å². The molecule has 26 heavy (non-hydrogen) atoms. The van der Waals surface area contributed by atoms with E-state index in [1.54, 1.807) is 0 Å². The zero-order valence-electron chi connectivity index (χ0n) is 15.5. The van der Waals surface area contributed by atoms with Gasteiger partial charge in [-0.3, -0.25) is 0 Å². The molecule has 0 saturated heterocycles. The van der Waals surface area contributed by atoms with Crippen LogP contribution in [0.15, 0.2) is 79.6 Å². The zero-order valence-corrected chi connectivity index (χ0v) is 15.5. The molecule has 2 aromatic carbocycles. The lowest BCUT2D eigenvalue weighted by Gasteiger charge is -2.11. The number of hydrogen-bond acceptors (Lipinski definition) is 1. The van der Waals surface area contributed by atoms with Gasteiger partial charge < -0.3 is 4.90 Å². The predicted octanol–water partition coefficient (Wildman–Crippen LogP) is 4.90. The summed E-state index contributed by atoms with van der Waals surface area (Å²) < 4.78 is 2.19. The van der Waals surface area contributed by atoms with E-state index in [0.717, 1.165) is 12.1 Å². The molecule has 2 heteroatoms. The Bertz CT molecular complexity index is 871. The van der Waals surface area contributed by atoms with Gasteiger partial charge in [0, 0.05) is 37.5 Å². The first kappa shape index (κ1) is 17.7. The van der Waals surface area contributed by atoms with E-state index < -0.39 is 0 Å². The van der Waals surface area contributed by atoms with Gasteiger partial charge in [0.05, 0.1) is 0 Å². The SMILES string of the molecule is C=Cc1ccc(C[n+]2ccc(/C=C/c3ccc(N(C)C)cc3)cc2)cc1. The third-order valence-corrected chi connectivity index (χ3v) is 4.38. The molecular weight excluding hydrogens is 316 g/mol. The molecule has 0 amide bonds. The van der Waals surface area contributed by atoms with Crippen molar-refractivity contribution in [3.8, 4) is 0 Å². The van der Waals surface area contributed by atoms with Crippen molar-refractivity contribution in [2.24, 2.45) is 0 Å². The molecule has 0 atom stereocenters. The highest BCUT2D eigenvalue weighted by Crippen LogP contribution is 2.14. The molecule has 0 radical (unpaired) electrons. The monoisotopic (exact) mass is 341 g/mol. The first-order chi connectivity index (χ1) is 12.6. The molecule has 3 aromatic rings. The van der Waals surface area contributed by atoms with Crippen molar-refractivity contribution in [2.45, 2.75) is 6.54 Å². The average molecular weight is 341 g/mol. The third kappa shape index (κ3) is 4.70. The summed E-state index contributed by atoms with van der Waals surface area (Å²) in [6, 6.07) is 21.3. The smallest absolute Gasteiger partial charge is 0.173 e. The fraction of sp³-hybridized carbons (Fsp3) is 0.125. The van der Waals surface area contributed by atoms with E-state index in [0.29, 0.717) is 0 Å². The van der Waals surface area contributed by atoms with Crippen molar-refractivity contribution < 1.29 is 4.57 Å². The van der Waals surface area contributed by atoms with Gasteiger partial charge >= 0.3 is 0 Å². The molecule has 0 N–H and O–H groups in total. The Hall–Kier alpha value is -3.13. The molecule has 0 fully saturated rings. The lowest BCUT2D eigenvalue weighted by Crippen LogP contribution is -2.33. The summed E-state index contributed by atoms with van der Waals surface area (Å²) in [4.78, 5) is 2.11. The maximum atomic E-state index is 3.79. The molecule has 0 unspecified atom stereocenters. The molecule has 0 aliphatic carbocycles. The van der Waals surface area contributed by atoms with Gasteiger partial charge in [-0.1, -0.05) is 61.2 Å². The van der Waals surface area contributed by atoms with Gasteiger partial charge in [0.1, 0.15) is 0 Å². The maximum absolute atomic E-state index is 3.79. The standard InChI is InChI=1S/C24H25N2/c1-4-20-5-9-23(10-6-20)19-26-17-15-22(16-18-26)8-7-21-11-13-24(14-12-21)25(2)3/h4-18H,1,19H2,2-3H3/q+1. The number of hydrogen-bond donors (Lipinski definition) is 0. The van der Waals surface area contributed by atoms with Gasteiger partial charge in [0.15, 0.2) is 18.9 Å². The highest BCUT2D eigenvalue weighted by molar-refractivity contribution is 5.70. The molecule has 1 heterocycles. The highest BCUT2D eigenvalue weighted by atomic mass is 15.1. The van der Waals surface area contributed by atoms with Crippen LogP contribution in [0, 0.1) is 0 Å². The van der Waals surface area contributed by atoms with Crippen LogP contribution in [0.3, 0.4) is 0 Å². The van der Waals surface area contributed by atoms with Crippen molar-refractivity contribution in [1.82, 2.24) is 0 Å². The number of aromatic nitrogens is 1. The topological polar surface area (TPSA) is 7.12 Å². The molecule has 0 aliphatic rings. The van der Waals surface area contributed by atoms with Crippen LogP contribution in [0.4, 0.5) is 5.69 Å². The lowest BCUT2D eigenvalue weighted by molar-refractivity contribution is -0.688. The van der Waals surface area contributed by atoms with Crippen molar-refractivity contribution in [2.75, 3.05) is 19.0 Å². The average Bonchev–Trinajstić information content (AvgIpc) is 2.68. The van der Waals surface area contributed by atoms with E-state index in [1.807, 2.05) is 6.08 Å². The Kier molecular flexibility index (Phi) is 5.65. The van der Waals surface area contributed by atoms with E-state index >= 15 is 0 Å². The summed E-state index contributed by atoms with van der Waals surface area (Å²) >= 11 is 0. The summed E-state index contributed by atoms with van der Waals surface area (Å²) in [7, 11) is 4.11. The Morgan fingerprint density at radius 1 is 0.769 bits per heavy atom. The number of benzene rings is 2. The van der Waals surface area contributed by atoms with Gasteiger partial charge in [0.2, 0.25) is 0 Å². The van der Waals surface area contributed by atoms with Crippen LogP contribution >= 0.6 is 0 Å². The Morgan fingerprint density at radius 2 is 1.31 bits per heavy atom. The van der Waals surface area contributed by atoms with Crippen LogP contribution in [-0.2, 0) is 6.54 Å². The predicted molar refractivity (Wildman–Crippen MR) is 112 cm³/mol. The van der Waals surface area contributed by atoms with Gasteiger partial charge in [0.25, 0.3) is 0 Å². The van der Waals surface area contributed by atoms with Crippen LogP contribution in [0.1, 0.15) is 22.3 Å². The molecule has 0 aliphatic heterocycles. The largest absolute Gasteiger partial charge is 0.378 e. The highest BCUT2D eigenvalue weighted by Gasteiger charge is 2.02. The van der Waals surface area contributed by atoms with E-state index in [1.165, 1.54) is 22.4 Å². The second-order valence-corrected chi connectivity index (χ2v) is 6.57. The fourth-order valence-corrected chi connectivity index (χ4v) is 2.73. The zero-order chi connectivity index (χ0) is 18.4. The normalized spacial score (nSPS) is 10.8. The fourth-order valence-electron chi connectivity index (χ4n) is 2.73. The van der Waals surface area contributed by atoms with Crippen LogP contribution in [0.2, 0.25) is 0 Å². The maximum Gasteiger partial charge on any atom is 0.173 e. The van der Waals surface area contributed by atoms with Gasteiger partial charge in [-0.15, -0.1) is 0 Å². The minimum atomic E-state index is 0.868. The Morgan fingerprint density at radius 3 is 1.85 bits per heavy atom. The van der Waals surface area contributed by atoms with Crippen LogP contribution in [-0.4, -0.2) is 14.1 Å². The number of anilines is 1. The van der Waals surface area contributed by atoms with Gasteiger partial charge in [-0.05, 0) is 28.8 Å². The van der Waals surface area contributed by atoms with Crippen LogP contribution in [0.5, 0.6) is 0 Å². The third-order valence-electron chi connectivity index (χ3n) is 4.38. The first-order valence-corrected chi connectivity index (χ1v) is 8.80. The van der Waals surface area contributed by atoms with E-state index in [4.69, 9.17) is 0 Å². The molecule has 0 spiro atoms. The summed E-state index contributed by atoms with van der Waals surface area (Å²) in [5.74, 6) is 0. The summed E-state index contributed by atoms with van der Waals surface area (Å²) in [6.07, 6.45) is 10.4. The second kappa shape index (κ2) is 8.30. The number of pyridine rings is 1. The van der Waals surface area contributed by atoms with E-state index in [9.17, 15) is 0 Å². The van der Waals surface area contributed by atoms with Crippen LogP contribution < -0.4 is 9.47 Å².